The predicted octanol–water partition coefficient (Wildman–Crippen LogP) is 5.54. The van der Waals surface area contributed by atoms with Gasteiger partial charge in [0.25, 0.3) is 11.7 Å². The molecule has 1 saturated heterocycles. The molecule has 0 radical (unpaired) electrons. The molecule has 1 unspecified atom stereocenters. The highest BCUT2D eigenvalue weighted by atomic mass is 16.5. The van der Waals surface area contributed by atoms with Crippen LogP contribution < -0.4 is 4.74 Å². The lowest BCUT2D eigenvalue weighted by atomic mass is 9.85. The molecule has 1 atom stereocenters. The summed E-state index contributed by atoms with van der Waals surface area (Å²) in [5.74, 6) is -1.09. The predicted molar refractivity (Wildman–Crippen MR) is 138 cm³/mol. The zero-order valence-corrected chi connectivity index (χ0v) is 21.8. The molecule has 2 aromatic carbocycles. The van der Waals surface area contributed by atoms with Crippen molar-refractivity contribution in [2.24, 2.45) is 0 Å². The van der Waals surface area contributed by atoms with Gasteiger partial charge in [-0.05, 0) is 61.4 Å². The van der Waals surface area contributed by atoms with Gasteiger partial charge in [-0.1, -0.05) is 51.1 Å². The fourth-order valence-electron chi connectivity index (χ4n) is 4.39. The van der Waals surface area contributed by atoms with Crippen LogP contribution in [0.2, 0.25) is 0 Å². The Morgan fingerprint density at radius 1 is 1.11 bits per heavy atom. The van der Waals surface area contributed by atoms with Gasteiger partial charge >= 0.3 is 0 Å². The number of ketones is 1. The first-order valence-corrected chi connectivity index (χ1v) is 12.1. The molecule has 1 aliphatic rings. The third-order valence-electron chi connectivity index (χ3n) is 6.34. The van der Waals surface area contributed by atoms with Crippen LogP contribution in [-0.2, 0) is 19.7 Å². The molecular weight excluding hydrogens is 442 g/mol. The number of carbonyl (C=O) groups is 2. The molecule has 6 heteroatoms. The van der Waals surface area contributed by atoms with E-state index in [1.165, 1.54) is 7.11 Å². The Morgan fingerprint density at radius 2 is 1.80 bits per heavy atom. The Labute approximate surface area is 208 Å². The van der Waals surface area contributed by atoms with Gasteiger partial charge in [0.05, 0.1) is 30.4 Å². The van der Waals surface area contributed by atoms with E-state index in [0.29, 0.717) is 30.9 Å². The molecule has 2 aromatic rings. The van der Waals surface area contributed by atoms with Crippen LogP contribution in [0.1, 0.15) is 69.3 Å². The van der Waals surface area contributed by atoms with Crippen molar-refractivity contribution in [3.05, 3.63) is 70.3 Å². The van der Waals surface area contributed by atoms with E-state index in [0.717, 1.165) is 16.7 Å². The third-order valence-corrected chi connectivity index (χ3v) is 6.34. The third kappa shape index (κ3) is 5.59. The second kappa shape index (κ2) is 10.6. The summed E-state index contributed by atoms with van der Waals surface area (Å²) < 4.78 is 11.2. The Kier molecular flexibility index (Phi) is 8.06. The lowest BCUT2D eigenvalue weighted by molar-refractivity contribution is -0.140. The fraction of sp³-hybridized carbons (Fsp3) is 0.448. The Bertz CT molecular complexity index is 1130. The summed E-state index contributed by atoms with van der Waals surface area (Å²) in [6.45, 7) is 12.9. The largest absolute Gasteiger partial charge is 0.507 e. The summed E-state index contributed by atoms with van der Waals surface area (Å²) in [4.78, 5) is 28.1. The van der Waals surface area contributed by atoms with Gasteiger partial charge in [0.15, 0.2) is 0 Å². The minimum absolute atomic E-state index is 0.0819. The van der Waals surface area contributed by atoms with Crippen LogP contribution in [0.4, 0.5) is 0 Å². The number of rotatable bonds is 8. The first-order valence-electron chi connectivity index (χ1n) is 12.1. The maximum absolute atomic E-state index is 13.4. The normalized spacial score (nSPS) is 17.9. The minimum Gasteiger partial charge on any atom is -0.507 e. The average Bonchev–Trinajstić information content (AvgIpc) is 3.05. The molecule has 188 valence electrons. The van der Waals surface area contributed by atoms with Crippen molar-refractivity contribution in [2.75, 3.05) is 20.3 Å². The van der Waals surface area contributed by atoms with Crippen LogP contribution in [0, 0.1) is 6.92 Å². The van der Waals surface area contributed by atoms with Crippen molar-refractivity contribution in [3.63, 3.8) is 0 Å². The highest BCUT2D eigenvalue weighted by Gasteiger charge is 2.46. The number of nitrogens with zero attached hydrogens (tertiary/aromatic N) is 1. The summed E-state index contributed by atoms with van der Waals surface area (Å²) in [5.41, 5.74) is 3.03. The number of methoxy groups -OCH3 is 1. The van der Waals surface area contributed by atoms with Crippen LogP contribution in [0.3, 0.4) is 0 Å². The standard InChI is InChI=1S/C29H37NO5/c1-18(2)35-16-10-15-30-25(21-12-9-8-11-19(21)3)24(27(32)28(30)33)26(31)22-17-20(29(4,5)6)13-14-23(22)34-7/h8-9,11-14,17-18,25,31H,10,15-16H2,1-7H3/b26-24+. The summed E-state index contributed by atoms with van der Waals surface area (Å²) in [6.07, 6.45) is 0.663. The second-order valence-electron chi connectivity index (χ2n) is 10.3. The Hall–Kier alpha value is -3.12. The van der Waals surface area contributed by atoms with Gasteiger partial charge in [-0.3, -0.25) is 9.59 Å². The van der Waals surface area contributed by atoms with E-state index in [4.69, 9.17) is 9.47 Å². The number of likely N-dealkylation sites (tertiary alicyclic amines) is 1. The second-order valence-corrected chi connectivity index (χ2v) is 10.3. The smallest absolute Gasteiger partial charge is 0.295 e. The SMILES string of the molecule is COc1ccc(C(C)(C)C)cc1/C(O)=C1\C(=O)C(=O)N(CCCOC(C)C)C1c1ccccc1C. The molecule has 6 nitrogen and oxygen atoms in total. The summed E-state index contributed by atoms with van der Waals surface area (Å²) in [5, 5.41) is 11.6. The number of aryl methyl sites for hydroxylation is 1. The number of aliphatic hydroxyl groups is 1. The Morgan fingerprint density at radius 3 is 2.40 bits per heavy atom. The van der Waals surface area contributed by atoms with E-state index in [1.54, 1.807) is 11.0 Å². The highest BCUT2D eigenvalue weighted by Crippen LogP contribution is 2.42. The fourth-order valence-corrected chi connectivity index (χ4v) is 4.39. The number of Topliss-reactive ketones (excluding diaryl/α,β-unsaturated/α-hetero) is 1. The van der Waals surface area contributed by atoms with Gasteiger partial charge < -0.3 is 19.5 Å². The Balaban J connectivity index is 2.17. The van der Waals surface area contributed by atoms with E-state index < -0.39 is 17.7 Å². The van der Waals surface area contributed by atoms with Gasteiger partial charge in [0.2, 0.25) is 0 Å². The van der Waals surface area contributed by atoms with E-state index >= 15 is 0 Å². The van der Waals surface area contributed by atoms with E-state index in [2.05, 4.69) is 20.8 Å². The lowest BCUT2D eigenvalue weighted by Gasteiger charge is -2.27. The summed E-state index contributed by atoms with van der Waals surface area (Å²) in [7, 11) is 1.52. The van der Waals surface area contributed by atoms with E-state index in [-0.39, 0.29) is 22.9 Å². The summed E-state index contributed by atoms with van der Waals surface area (Å²) in [6, 6.07) is 12.5. The first kappa shape index (κ1) is 26.5. The number of amides is 1. The molecule has 1 heterocycles. The zero-order valence-electron chi connectivity index (χ0n) is 21.8. The molecule has 0 aliphatic carbocycles. The summed E-state index contributed by atoms with van der Waals surface area (Å²) >= 11 is 0. The zero-order chi connectivity index (χ0) is 25.9. The van der Waals surface area contributed by atoms with Crippen molar-refractivity contribution in [3.8, 4) is 5.75 Å². The molecule has 0 bridgehead atoms. The molecule has 0 aromatic heterocycles. The minimum atomic E-state index is -0.696. The molecule has 1 fully saturated rings. The monoisotopic (exact) mass is 479 g/mol. The van der Waals surface area contributed by atoms with E-state index in [1.807, 2.05) is 57.2 Å². The maximum Gasteiger partial charge on any atom is 0.295 e. The van der Waals surface area contributed by atoms with Crippen LogP contribution in [0.25, 0.3) is 5.76 Å². The van der Waals surface area contributed by atoms with Gasteiger partial charge in [-0.15, -0.1) is 0 Å². The van der Waals surface area contributed by atoms with Crippen molar-refractivity contribution in [1.82, 2.24) is 4.90 Å². The van der Waals surface area contributed by atoms with Gasteiger partial charge in [-0.25, -0.2) is 0 Å². The van der Waals surface area contributed by atoms with Crippen LogP contribution >= 0.6 is 0 Å². The molecule has 1 N–H and O–H groups in total. The molecule has 0 spiro atoms. The van der Waals surface area contributed by atoms with Crippen LogP contribution in [-0.4, -0.2) is 48.1 Å². The first-order chi connectivity index (χ1) is 16.5. The molecule has 0 saturated carbocycles. The number of benzene rings is 2. The molecule has 1 aliphatic heterocycles. The number of hydrogen-bond donors (Lipinski definition) is 1. The van der Waals surface area contributed by atoms with Crippen LogP contribution in [0.15, 0.2) is 48.0 Å². The lowest BCUT2D eigenvalue weighted by Crippen LogP contribution is -2.31. The molecule has 1 amide bonds. The van der Waals surface area contributed by atoms with Crippen molar-refractivity contribution < 1.29 is 24.2 Å². The highest BCUT2D eigenvalue weighted by molar-refractivity contribution is 6.46. The topological polar surface area (TPSA) is 76.1 Å². The van der Waals surface area contributed by atoms with Gasteiger partial charge in [0.1, 0.15) is 11.5 Å². The van der Waals surface area contributed by atoms with Crippen molar-refractivity contribution in [1.29, 1.82) is 0 Å². The van der Waals surface area contributed by atoms with E-state index in [9.17, 15) is 14.7 Å². The number of aliphatic hydroxyl groups excluding tert-OH is 1. The van der Waals surface area contributed by atoms with Gasteiger partial charge in [-0.2, -0.15) is 0 Å². The van der Waals surface area contributed by atoms with Crippen LogP contribution in [0.5, 0.6) is 5.75 Å². The molecule has 35 heavy (non-hydrogen) atoms. The molecule has 3 rings (SSSR count). The van der Waals surface area contributed by atoms with Crippen molar-refractivity contribution >= 4 is 17.4 Å². The van der Waals surface area contributed by atoms with Gasteiger partial charge in [0, 0.05) is 13.2 Å². The average molecular weight is 480 g/mol. The maximum atomic E-state index is 13.4. The number of hydrogen-bond acceptors (Lipinski definition) is 5. The van der Waals surface area contributed by atoms with Crippen molar-refractivity contribution in [2.45, 2.75) is 65.5 Å². The number of carbonyl (C=O) groups excluding carboxylic acids is 2. The quantitative estimate of drug-likeness (QED) is 0.233. The number of ether oxygens (including phenoxy) is 2. The molecular formula is C29H37NO5.